The number of fused-ring (bicyclic) bond motifs is 2. The molecule has 0 bridgehead atoms. The molecule has 0 saturated heterocycles. The Morgan fingerprint density at radius 2 is 1.78 bits per heavy atom. The van der Waals surface area contributed by atoms with E-state index in [0.717, 1.165) is 24.1 Å². The molecule has 3 rings (SSSR count). The number of aromatic nitrogens is 1. The standard InChI is InChI=1S/C16H17NO/c1-10-14-7-12-5-3-4-6-13(12)8-16(14)17-11(2)15(10)9-18/h3-6,18H,7-9H2,1-2H3. The van der Waals surface area contributed by atoms with E-state index in [-0.39, 0.29) is 6.61 Å². The van der Waals surface area contributed by atoms with Gasteiger partial charge in [-0.05, 0) is 42.5 Å². The molecule has 1 N–H and O–H groups in total. The third-order valence-electron chi connectivity index (χ3n) is 3.99. The van der Waals surface area contributed by atoms with Crippen molar-refractivity contribution in [2.24, 2.45) is 0 Å². The summed E-state index contributed by atoms with van der Waals surface area (Å²) in [4.78, 5) is 4.68. The fourth-order valence-corrected chi connectivity index (χ4v) is 2.89. The molecule has 2 aromatic rings. The molecule has 0 aliphatic heterocycles. The lowest BCUT2D eigenvalue weighted by molar-refractivity contribution is 0.279. The van der Waals surface area contributed by atoms with Gasteiger partial charge in [-0.15, -0.1) is 0 Å². The predicted molar refractivity (Wildman–Crippen MR) is 71.7 cm³/mol. The van der Waals surface area contributed by atoms with Crippen LogP contribution < -0.4 is 0 Å². The van der Waals surface area contributed by atoms with Crippen molar-refractivity contribution in [3.8, 4) is 0 Å². The summed E-state index contributed by atoms with van der Waals surface area (Å²) in [7, 11) is 0. The Morgan fingerprint density at radius 1 is 1.11 bits per heavy atom. The lowest BCUT2D eigenvalue weighted by Gasteiger charge is -2.23. The minimum atomic E-state index is 0.0829. The minimum Gasteiger partial charge on any atom is -0.392 e. The molecular weight excluding hydrogens is 222 g/mol. The van der Waals surface area contributed by atoms with Crippen molar-refractivity contribution in [3.63, 3.8) is 0 Å². The smallest absolute Gasteiger partial charge is 0.0702 e. The van der Waals surface area contributed by atoms with Crippen LogP contribution in [-0.4, -0.2) is 10.1 Å². The van der Waals surface area contributed by atoms with Gasteiger partial charge in [-0.1, -0.05) is 24.3 Å². The molecule has 0 saturated carbocycles. The number of hydrogen-bond acceptors (Lipinski definition) is 2. The van der Waals surface area contributed by atoms with E-state index >= 15 is 0 Å². The van der Waals surface area contributed by atoms with Gasteiger partial charge in [0.1, 0.15) is 0 Å². The van der Waals surface area contributed by atoms with E-state index in [1.165, 1.54) is 27.9 Å². The van der Waals surface area contributed by atoms with Crippen LogP contribution in [0.1, 0.15) is 39.2 Å². The Hall–Kier alpha value is -1.67. The first kappa shape index (κ1) is 11.4. The zero-order valence-corrected chi connectivity index (χ0v) is 10.8. The molecule has 1 aliphatic rings. The number of benzene rings is 1. The molecule has 18 heavy (non-hydrogen) atoms. The molecule has 1 heterocycles. The van der Waals surface area contributed by atoms with E-state index in [0.29, 0.717) is 0 Å². The van der Waals surface area contributed by atoms with E-state index < -0.39 is 0 Å². The van der Waals surface area contributed by atoms with E-state index in [1.54, 1.807) is 0 Å². The zero-order valence-electron chi connectivity index (χ0n) is 10.8. The number of nitrogens with zero attached hydrogens (tertiary/aromatic N) is 1. The van der Waals surface area contributed by atoms with Gasteiger partial charge in [0.05, 0.1) is 6.61 Å². The second kappa shape index (κ2) is 4.21. The van der Waals surface area contributed by atoms with Crippen LogP contribution in [0.5, 0.6) is 0 Å². The zero-order chi connectivity index (χ0) is 12.7. The SMILES string of the molecule is Cc1nc2c(c(C)c1CO)Cc1ccccc1C2. The van der Waals surface area contributed by atoms with Crippen molar-refractivity contribution in [1.29, 1.82) is 0 Å². The van der Waals surface area contributed by atoms with Gasteiger partial charge in [-0.2, -0.15) is 0 Å². The monoisotopic (exact) mass is 239 g/mol. The Bertz CT molecular complexity index is 617. The first-order valence-corrected chi connectivity index (χ1v) is 6.36. The van der Waals surface area contributed by atoms with Gasteiger partial charge in [-0.3, -0.25) is 4.98 Å². The molecule has 92 valence electrons. The predicted octanol–water partition coefficient (Wildman–Crippen LogP) is 2.69. The largest absolute Gasteiger partial charge is 0.392 e. The van der Waals surface area contributed by atoms with Gasteiger partial charge < -0.3 is 5.11 Å². The molecule has 0 atom stereocenters. The van der Waals surface area contributed by atoms with Crippen LogP contribution in [0.4, 0.5) is 0 Å². The molecule has 1 aromatic carbocycles. The molecule has 0 unspecified atom stereocenters. The molecule has 1 aromatic heterocycles. The molecule has 0 amide bonds. The summed E-state index contributed by atoms with van der Waals surface area (Å²) in [5, 5.41) is 9.46. The first-order valence-electron chi connectivity index (χ1n) is 6.36. The normalized spacial score (nSPS) is 13.1. The van der Waals surface area contributed by atoms with Crippen molar-refractivity contribution in [2.45, 2.75) is 33.3 Å². The van der Waals surface area contributed by atoms with Crippen LogP contribution in [0, 0.1) is 13.8 Å². The number of aliphatic hydroxyl groups is 1. The summed E-state index contributed by atoms with van der Waals surface area (Å²) < 4.78 is 0. The Balaban J connectivity index is 2.16. The summed E-state index contributed by atoms with van der Waals surface area (Å²) in [5.74, 6) is 0. The van der Waals surface area contributed by atoms with Gasteiger partial charge in [0, 0.05) is 23.4 Å². The van der Waals surface area contributed by atoms with Crippen LogP contribution in [0.15, 0.2) is 24.3 Å². The Labute approximate surface area is 107 Å². The van der Waals surface area contributed by atoms with Crippen LogP contribution in [-0.2, 0) is 19.4 Å². The average molecular weight is 239 g/mol. The van der Waals surface area contributed by atoms with E-state index in [4.69, 9.17) is 0 Å². The fourth-order valence-electron chi connectivity index (χ4n) is 2.89. The molecule has 0 fully saturated rings. The molecule has 2 heteroatoms. The number of rotatable bonds is 1. The van der Waals surface area contributed by atoms with Crippen LogP contribution in [0.3, 0.4) is 0 Å². The highest BCUT2D eigenvalue weighted by molar-refractivity contribution is 5.48. The minimum absolute atomic E-state index is 0.0829. The summed E-state index contributed by atoms with van der Waals surface area (Å²) in [5.41, 5.74) is 8.44. The number of aryl methyl sites for hydroxylation is 1. The maximum Gasteiger partial charge on any atom is 0.0702 e. The van der Waals surface area contributed by atoms with Crippen molar-refractivity contribution >= 4 is 0 Å². The van der Waals surface area contributed by atoms with Gasteiger partial charge in [0.2, 0.25) is 0 Å². The quantitative estimate of drug-likeness (QED) is 0.708. The summed E-state index contributed by atoms with van der Waals surface area (Å²) >= 11 is 0. The van der Waals surface area contributed by atoms with Gasteiger partial charge >= 0.3 is 0 Å². The molecular formula is C16H17NO. The number of aliphatic hydroxyl groups excluding tert-OH is 1. The molecule has 0 spiro atoms. The lowest BCUT2D eigenvalue weighted by atomic mass is 9.85. The third kappa shape index (κ3) is 1.65. The summed E-state index contributed by atoms with van der Waals surface area (Å²) in [6, 6.07) is 8.56. The van der Waals surface area contributed by atoms with Crippen molar-refractivity contribution < 1.29 is 5.11 Å². The number of hydrogen-bond donors (Lipinski definition) is 1. The van der Waals surface area contributed by atoms with E-state index in [1.807, 2.05) is 6.92 Å². The topological polar surface area (TPSA) is 33.1 Å². The molecule has 1 aliphatic carbocycles. The lowest BCUT2D eigenvalue weighted by Crippen LogP contribution is -2.14. The van der Waals surface area contributed by atoms with Crippen molar-refractivity contribution in [1.82, 2.24) is 4.98 Å². The van der Waals surface area contributed by atoms with E-state index in [2.05, 4.69) is 36.2 Å². The highest BCUT2D eigenvalue weighted by Crippen LogP contribution is 2.30. The highest BCUT2D eigenvalue weighted by Gasteiger charge is 2.20. The van der Waals surface area contributed by atoms with Crippen LogP contribution in [0.2, 0.25) is 0 Å². The maximum atomic E-state index is 9.46. The van der Waals surface area contributed by atoms with Crippen LogP contribution >= 0.6 is 0 Å². The molecule has 2 nitrogen and oxygen atoms in total. The summed E-state index contributed by atoms with van der Waals surface area (Å²) in [6.45, 7) is 4.17. The van der Waals surface area contributed by atoms with Gasteiger partial charge in [0.25, 0.3) is 0 Å². The van der Waals surface area contributed by atoms with E-state index in [9.17, 15) is 5.11 Å². The second-order valence-corrected chi connectivity index (χ2v) is 5.01. The fraction of sp³-hybridized carbons (Fsp3) is 0.312. The Morgan fingerprint density at radius 3 is 2.44 bits per heavy atom. The van der Waals surface area contributed by atoms with Crippen molar-refractivity contribution in [2.75, 3.05) is 0 Å². The first-order chi connectivity index (χ1) is 8.70. The maximum absolute atomic E-state index is 9.46. The summed E-state index contributed by atoms with van der Waals surface area (Å²) in [6.07, 6.45) is 1.86. The van der Waals surface area contributed by atoms with Gasteiger partial charge in [0.15, 0.2) is 0 Å². The third-order valence-corrected chi connectivity index (χ3v) is 3.99. The van der Waals surface area contributed by atoms with Crippen molar-refractivity contribution in [3.05, 3.63) is 63.5 Å². The van der Waals surface area contributed by atoms with Crippen LogP contribution in [0.25, 0.3) is 0 Å². The molecule has 0 radical (unpaired) electrons. The second-order valence-electron chi connectivity index (χ2n) is 5.01. The van der Waals surface area contributed by atoms with Gasteiger partial charge in [-0.25, -0.2) is 0 Å². The average Bonchev–Trinajstić information content (AvgIpc) is 2.37. The Kier molecular flexibility index (Phi) is 2.67. The highest BCUT2D eigenvalue weighted by atomic mass is 16.3. The number of pyridine rings is 1.